The summed E-state index contributed by atoms with van der Waals surface area (Å²) < 4.78 is 37.5. The lowest BCUT2D eigenvalue weighted by molar-refractivity contribution is -0.180. The average Bonchev–Trinajstić information content (AvgIpc) is 2.40. The van der Waals surface area contributed by atoms with Gasteiger partial charge in [0.25, 0.3) is 10.1 Å². The minimum atomic E-state index is -4.27. The fraction of sp³-hybridized carbons (Fsp3) is 0.833. The van der Waals surface area contributed by atoms with Gasteiger partial charge in [-0.15, -0.1) is 5.06 Å². The topological polar surface area (TPSA) is 129 Å². The van der Waals surface area contributed by atoms with E-state index in [4.69, 9.17) is 9.84 Å². The van der Waals surface area contributed by atoms with E-state index in [1.54, 1.807) is 20.8 Å². The highest BCUT2D eigenvalue weighted by Gasteiger charge is 2.30. The first-order valence-electron chi connectivity index (χ1n) is 6.77. The van der Waals surface area contributed by atoms with Crippen LogP contribution in [0.3, 0.4) is 0 Å². The Bertz CT molecular complexity index is 483. The molecule has 0 saturated carbocycles. The number of hydrogen-bond acceptors (Lipinski definition) is 9. The first kappa shape index (κ1) is 21.6. The van der Waals surface area contributed by atoms with Gasteiger partial charge in [0, 0.05) is 6.42 Å². The Morgan fingerprint density at radius 3 is 2.30 bits per heavy atom. The highest BCUT2D eigenvalue weighted by atomic mass is 32.2. The Morgan fingerprint density at radius 2 is 1.83 bits per heavy atom. The van der Waals surface area contributed by atoms with Crippen LogP contribution in [0.25, 0.3) is 0 Å². The molecule has 1 amide bonds. The van der Waals surface area contributed by atoms with Gasteiger partial charge in [0.2, 0.25) is 0 Å². The Kier molecular flexibility index (Phi) is 9.05. The van der Waals surface area contributed by atoms with Crippen molar-refractivity contribution in [3.63, 3.8) is 0 Å². The number of ether oxygens (including phenoxy) is 2. The lowest BCUT2D eigenvalue weighted by Crippen LogP contribution is -2.41. The standard InChI is InChI=1S/C12H23NO9S/c1-5-10(15)22-13(11(16)21-12(2,3)4)8-23(17,18)20-9-19-7-6-14/h14H,5-9H2,1-4H3. The van der Waals surface area contributed by atoms with Crippen LogP contribution in [0.15, 0.2) is 0 Å². The molecule has 0 aromatic rings. The number of hydroxylamine groups is 2. The molecule has 0 aliphatic heterocycles. The maximum Gasteiger partial charge on any atom is 0.444 e. The van der Waals surface area contributed by atoms with Crippen molar-refractivity contribution < 1.29 is 41.6 Å². The van der Waals surface area contributed by atoms with E-state index in [0.29, 0.717) is 0 Å². The monoisotopic (exact) mass is 357 g/mol. The van der Waals surface area contributed by atoms with Gasteiger partial charge in [0.1, 0.15) is 5.60 Å². The number of hydrogen-bond donors (Lipinski definition) is 1. The van der Waals surface area contributed by atoms with Crippen molar-refractivity contribution in [1.82, 2.24) is 5.06 Å². The van der Waals surface area contributed by atoms with E-state index in [1.807, 2.05) is 0 Å². The second kappa shape index (κ2) is 9.65. The van der Waals surface area contributed by atoms with Crippen LogP contribution < -0.4 is 0 Å². The predicted octanol–water partition coefficient (Wildman–Crippen LogP) is 0.362. The van der Waals surface area contributed by atoms with Crippen LogP contribution in [0, 0.1) is 0 Å². The third-order valence-electron chi connectivity index (χ3n) is 1.92. The second-order valence-corrected chi connectivity index (χ2v) is 6.84. The molecule has 0 saturated heterocycles. The minimum absolute atomic E-state index is 0.0696. The summed E-state index contributed by atoms with van der Waals surface area (Å²) >= 11 is 0. The third kappa shape index (κ3) is 10.8. The average molecular weight is 357 g/mol. The molecule has 0 rings (SSSR count). The van der Waals surface area contributed by atoms with Gasteiger partial charge < -0.3 is 19.4 Å². The van der Waals surface area contributed by atoms with Crippen molar-refractivity contribution in [2.75, 3.05) is 25.9 Å². The predicted molar refractivity (Wildman–Crippen MR) is 77.2 cm³/mol. The fourth-order valence-corrected chi connectivity index (χ4v) is 1.76. The Morgan fingerprint density at radius 1 is 1.22 bits per heavy atom. The summed E-state index contributed by atoms with van der Waals surface area (Å²) in [5.41, 5.74) is -0.914. The maximum atomic E-state index is 11.9. The molecular formula is C12H23NO9S. The molecule has 0 aliphatic rings. The van der Waals surface area contributed by atoms with E-state index in [-0.39, 0.29) is 24.7 Å². The number of carbonyl (C=O) groups is 2. The molecule has 23 heavy (non-hydrogen) atoms. The summed E-state index contributed by atoms with van der Waals surface area (Å²) in [6.45, 7) is 5.11. The van der Waals surface area contributed by atoms with Gasteiger partial charge in [-0.1, -0.05) is 6.92 Å². The summed E-state index contributed by atoms with van der Waals surface area (Å²) in [5.74, 6) is -1.88. The van der Waals surface area contributed by atoms with E-state index >= 15 is 0 Å². The van der Waals surface area contributed by atoms with Crippen molar-refractivity contribution in [1.29, 1.82) is 0 Å². The van der Waals surface area contributed by atoms with Crippen molar-refractivity contribution >= 4 is 22.2 Å². The molecule has 1 N–H and O–H groups in total. The van der Waals surface area contributed by atoms with Gasteiger partial charge in [0.15, 0.2) is 12.7 Å². The summed E-state index contributed by atoms with van der Waals surface area (Å²) in [7, 11) is -4.27. The molecule has 0 radical (unpaired) electrons. The van der Waals surface area contributed by atoms with Gasteiger partial charge in [-0.3, -0.25) is 0 Å². The molecule has 0 fully saturated rings. The van der Waals surface area contributed by atoms with E-state index in [0.717, 1.165) is 0 Å². The largest absolute Gasteiger partial charge is 0.444 e. The van der Waals surface area contributed by atoms with Crippen LogP contribution >= 0.6 is 0 Å². The Labute approximate surface area is 135 Å². The zero-order valence-corrected chi connectivity index (χ0v) is 14.4. The number of rotatable bonds is 8. The van der Waals surface area contributed by atoms with Gasteiger partial charge in [-0.2, -0.15) is 8.42 Å². The van der Waals surface area contributed by atoms with E-state index in [1.165, 1.54) is 6.92 Å². The van der Waals surface area contributed by atoms with Crippen molar-refractivity contribution in [2.24, 2.45) is 0 Å². The van der Waals surface area contributed by atoms with Gasteiger partial charge in [0.05, 0.1) is 13.2 Å². The zero-order chi connectivity index (χ0) is 18.1. The quantitative estimate of drug-likeness (QED) is 0.283. The molecular weight excluding hydrogens is 334 g/mol. The fourth-order valence-electron chi connectivity index (χ4n) is 1.03. The van der Waals surface area contributed by atoms with Crippen LogP contribution in [0.5, 0.6) is 0 Å². The van der Waals surface area contributed by atoms with Crippen LogP contribution in [-0.2, 0) is 33.4 Å². The molecule has 10 nitrogen and oxygen atoms in total. The zero-order valence-electron chi connectivity index (χ0n) is 13.6. The molecule has 136 valence electrons. The number of aliphatic hydroxyl groups excluding tert-OH is 1. The summed E-state index contributed by atoms with van der Waals surface area (Å²) in [5, 5.41) is 8.75. The molecule has 0 bridgehead atoms. The second-order valence-electron chi connectivity index (χ2n) is 5.23. The smallest absolute Gasteiger partial charge is 0.442 e. The van der Waals surface area contributed by atoms with Crippen LogP contribution in [0.2, 0.25) is 0 Å². The lowest BCUT2D eigenvalue weighted by atomic mass is 10.2. The number of amides is 1. The van der Waals surface area contributed by atoms with E-state index in [9.17, 15) is 18.0 Å². The summed E-state index contributed by atoms with van der Waals surface area (Å²) in [4.78, 5) is 27.9. The highest BCUT2D eigenvalue weighted by Crippen LogP contribution is 2.12. The molecule has 0 aliphatic carbocycles. The Balaban J connectivity index is 4.86. The van der Waals surface area contributed by atoms with Crippen molar-refractivity contribution in [2.45, 2.75) is 39.7 Å². The lowest BCUT2D eigenvalue weighted by Gasteiger charge is -2.25. The molecule has 0 unspecified atom stereocenters. The molecule has 0 atom stereocenters. The van der Waals surface area contributed by atoms with Crippen molar-refractivity contribution in [3.05, 3.63) is 0 Å². The van der Waals surface area contributed by atoms with Gasteiger partial charge in [-0.05, 0) is 20.8 Å². The number of nitrogens with zero attached hydrogens (tertiary/aromatic N) is 1. The molecule has 0 aromatic carbocycles. The van der Waals surface area contributed by atoms with Crippen LogP contribution in [-0.4, -0.2) is 62.1 Å². The van der Waals surface area contributed by atoms with Crippen molar-refractivity contribution in [3.8, 4) is 0 Å². The van der Waals surface area contributed by atoms with Crippen LogP contribution in [0.4, 0.5) is 4.79 Å². The normalized spacial score (nSPS) is 11.9. The third-order valence-corrected chi connectivity index (χ3v) is 2.93. The van der Waals surface area contributed by atoms with E-state index in [2.05, 4.69) is 13.8 Å². The SMILES string of the molecule is CCC(=O)ON(CS(=O)(=O)OCOCCO)C(=O)OC(C)(C)C. The molecule has 0 aromatic heterocycles. The Hall–Kier alpha value is -1.43. The number of aliphatic hydroxyl groups is 1. The number of carbonyl (C=O) groups excluding carboxylic acids is 2. The highest BCUT2D eigenvalue weighted by molar-refractivity contribution is 7.86. The molecule has 0 spiro atoms. The first-order valence-corrected chi connectivity index (χ1v) is 8.35. The van der Waals surface area contributed by atoms with E-state index < -0.39 is 40.5 Å². The minimum Gasteiger partial charge on any atom is -0.442 e. The summed E-state index contributed by atoms with van der Waals surface area (Å²) in [6, 6.07) is 0. The van der Waals surface area contributed by atoms with Gasteiger partial charge >= 0.3 is 12.1 Å². The van der Waals surface area contributed by atoms with Gasteiger partial charge in [-0.25, -0.2) is 13.8 Å². The van der Waals surface area contributed by atoms with Crippen LogP contribution in [0.1, 0.15) is 34.1 Å². The summed E-state index contributed by atoms with van der Waals surface area (Å²) in [6.07, 6.45) is -1.22. The first-order chi connectivity index (χ1) is 10.5. The molecule has 11 heteroatoms. The molecule has 0 heterocycles. The maximum absolute atomic E-state index is 11.9.